The summed E-state index contributed by atoms with van der Waals surface area (Å²) in [4.78, 5) is 20.3. The lowest BCUT2D eigenvalue weighted by Crippen LogP contribution is -2.53. The summed E-state index contributed by atoms with van der Waals surface area (Å²) in [7, 11) is 0. The van der Waals surface area contributed by atoms with E-state index in [2.05, 4.69) is 11.9 Å². The van der Waals surface area contributed by atoms with Gasteiger partial charge in [-0.25, -0.2) is 4.79 Å². The van der Waals surface area contributed by atoms with E-state index in [0.717, 1.165) is 19.4 Å². The Hall–Kier alpha value is -1.50. The van der Waals surface area contributed by atoms with Gasteiger partial charge in [-0.05, 0) is 40.5 Å². The van der Waals surface area contributed by atoms with Crippen molar-refractivity contribution >= 4 is 12.1 Å². The van der Waals surface area contributed by atoms with E-state index >= 15 is 0 Å². The van der Waals surface area contributed by atoms with Gasteiger partial charge >= 0.3 is 6.09 Å². The van der Waals surface area contributed by atoms with Crippen LogP contribution in [0.5, 0.6) is 0 Å². The zero-order chi connectivity index (χ0) is 17.1. The number of ether oxygens (including phenoxy) is 2. The second-order valence-corrected chi connectivity index (χ2v) is 7.53. The summed E-state index contributed by atoms with van der Waals surface area (Å²) in [6.45, 7) is 11.6. The van der Waals surface area contributed by atoms with Gasteiger partial charge in [0.15, 0.2) is 5.96 Å². The van der Waals surface area contributed by atoms with Gasteiger partial charge in [0.05, 0.1) is 12.1 Å². The molecule has 0 saturated carbocycles. The maximum Gasteiger partial charge on any atom is 0.410 e. The number of piperazine rings is 1. The highest BCUT2D eigenvalue weighted by Crippen LogP contribution is 2.25. The number of amides is 1. The van der Waals surface area contributed by atoms with Crippen LogP contribution in [0.3, 0.4) is 0 Å². The van der Waals surface area contributed by atoms with Crippen LogP contribution in [0.25, 0.3) is 0 Å². The Morgan fingerprint density at radius 3 is 2.39 bits per heavy atom. The van der Waals surface area contributed by atoms with Gasteiger partial charge in [0.25, 0.3) is 0 Å². The molecule has 1 unspecified atom stereocenters. The van der Waals surface area contributed by atoms with Gasteiger partial charge < -0.3 is 25.0 Å². The molecule has 2 saturated heterocycles. The second-order valence-electron chi connectivity index (χ2n) is 7.53. The van der Waals surface area contributed by atoms with Crippen LogP contribution < -0.4 is 5.73 Å². The molecular weight excluding hydrogens is 296 g/mol. The zero-order valence-electron chi connectivity index (χ0n) is 14.8. The topological polar surface area (TPSA) is 80.4 Å². The fourth-order valence-corrected chi connectivity index (χ4v) is 2.75. The number of carbonyl (C=O) groups is 1. The lowest BCUT2D eigenvalue weighted by atomic mass is 10.0. The SMILES string of the molecule is CC(C)(C)OC(=O)N1CCN(C(N)=NCC2(C)CCCO2)CC1. The lowest BCUT2D eigenvalue weighted by Gasteiger charge is -2.36. The minimum atomic E-state index is -0.467. The first-order valence-electron chi connectivity index (χ1n) is 8.35. The number of carbonyl (C=O) groups excluding carboxylic acids is 1. The molecule has 0 bridgehead atoms. The van der Waals surface area contributed by atoms with Crippen molar-refractivity contribution in [3.63, 3.8) is 0 Å². The molecule has 0 aliphatic carbocycles. The smallest absolute Gasteiger partial charge is 0.410 e. The number of hydrogen-bond acceptors (Lipinski definition) is 4. The Labute approximate surface area is 138 Å². The third-order valence-electron chi connectivity index (χ3n) is 4.13. The van der Waals surface area contributed by atoms with E-state index < -0.39 is 5.60 Å². The van der Waals surface area contributed by atoms with Crippen LogP contribution in [-0.4, -0.2) is 72.4 Å². The van der Waals surface area contributed by atoms with E-state index in [1.54, 1.807) is 4.90 Å². The van der Waals surface area contributed by atoms with E-state index in [4.69, 9.17) is 15.2 Å². The first-order valence-corrected chi connectivity index (χ1v) is 8.35. The normalized spacial score (nSPS) is 26.5. The molecule has 0 aromatic rings. The van der Waals surface area contributed by atoms with Crippen LogP contribution in [0.2, 0.25) is 0 Å². The molecule has 1 amide bonds. The fourth-order valence-electron chi connectivity index (χ4n) is 2.75. The number of guanidine groups is 1. The summed E-state index contributed by atoms with van der Waals surface area (Å²) in [5, 5.41) is 0. The predicted octanol–water partition coefficient (Wildman–Crippen LogP) is 1.42. The van der Waals surface area contributed by atoms with E-state index in [9.17, 15) is 4.79 Å². The molecular formula is C16H30N4O3. The minimum Gasteiger partial charge on any atom is -0.444 e. The predicted molar refractivity (Wildman–Crippen MR) is 89.5 cm³/mol. The summed E-state index contributed by atoms with van der Waals surface area (Å²) in [6, 6.07) is 0. The van der Waals surface area contributed by atoms with Crippen LogP contribution >= 0.6 is 0 Å². The van der Waals surface area contributed by atoms with Crippen molar-refractivity contribution in [3.05, 3.63) is 0 Å². The molecule has 2 rings (SSSR count). The molecule has 2 N–H and O–H groups in total. The van der Waals surface area contributed by atoms with Crippen LogP contribution in [0.1, 0.15) is 40.5 Å². The van der Waals surface area contributed by atoms with Gasteiger partial charge in [-0.2, -0.15) is 0 Å². The Bertz CT molecular complexity index is 445. The van der Waals surface area contributed by atoms with Crippen LogP contribution in [0.15, 0.2) is 4.99 Å². The van der Waals surface area contributed by atoms with Crippen LogP contribution in [-0.2, 0) is 9.47 Å². The Kier molecular flexibility index (Phi) is 5.39. The monoisotopic (exact) mass is 326 g/mol. The first kappa shape index (κ1) is 17.8. The van der Waals surface area contributed by atoms with E-state index in [-0.39, 0.29) is 11.7 Å². The third kappa shape index (κ3) is 5.27. The summed E-state index contributed by atoms with van der Waals surface area (Å²) in [5.74, 6) is 0.533. The number of nitrogens with two attached hydrogens (primary N) is 1. The second kappa shape index (κ2) is 6.95. The van der Waals surface area contributed by atoms with Crippen molar-refractivity contribution < 1.29 is 14.3 Å². The average Bonchev–Trinajstić information content (AvgIpc) is 2.90. The minimum absolute atomic E-state index is 0.178. The van der Waals surface area contributed by atoms with Crippen molar-refractivity contribution in [2.75, 3.05) is 39.3 Å². The highest BCUT2D eigenvalue weighted by molar-refractivity contribution is 5.78. The molecule has 0 spiro atoms. The van der Waals surface area contributed by atoms with E-state index in [1.807, 2.05) is 25.7 Å². The number of rotatable bonds is 2. The number of hydrogen-bond donors (Lipinski definition) is 1. The molecule has 0 radical (unpaired) electrons. The first-order chi connectivity index (χ1) is 10.7. The van der Waals surface area contributed by atoms with Crippen molar-refractivity contribution in [1.29, 1.82) is 0 Å². The maximum atomic E-state index is 12.0. The van der Waals surface area contributed by atoms with Gasteiger partial charge in [0.2, 0.25) is 0 Å². The van der Waals surface area contributed by atoms with Gasteiger partial charge in [-0.1, -0.05) is 0 Å². The largest absolute Gasteiger partial charge is 0.444 e. The quantitative estimate of drug-likeness (QED) is 0.613. The van der Waals surface area contributed by atoms with Crippen molar-refractivity contribution in [1.82, 2.24) is 9.80 Å². The van der Waals surface area contributed by atoms with Crippen LogP contribution in [0, 0.1) is 0 Å². The molecule has 1 atom stereocenters. The molecule has 0 aromatic heterocycles. The summed E-state index contributed by atoms with van der Waals surface area (Å²) < 4.78 is 11.1. The highest BCUT2D eigenvalue weighted by Gasteiger charge is 2.30. The van der Waals surface area contributed by atoms with Crippen LogP contribution in [0.4, 0.5) is 4.79 Å². The molecule has 2 aliphatic heterocycles. The van der Waals surface area contributed by atoms with Crippen molar-refractivity contribution in [2.24, 2.45) is 10.7 Å². The fraction of sp³-hybridized carbons (Fsp3) is 0.875. The summed E-state index contributed by atoms with van der Waals surface area (Å²) in [6.07, 6.45) is 1.84. The Balaban J connectivity index is 1.80. The third-order valence-corrected chi connectivity index (χ3v) is 4.13. The van der Waals surface area contributed by atoms with Crippen molar-refractivity contribution in [3.8, 4) is 0 Å². The molecule has 132 valence electrons. The van der Waals surface area contributed by atoms with Gasteiger partial charge in [-0.15, -0.1) is 0 Å². The van der Waals surface area contributed by atoms with Crippen molar-refractivity contribution in [2.45, 2.75) is 51.7 Å². The number of aliphatic imine (C=N–C) groups is 1. The molecule has 2 heterocycles. The molecule has 7 heteroatoms. The van der Waals surface area contributed by atoms with Gasteiger partial charge in [-0.3, -0.25) is 4.99 Å². The maximum absolute atomic E-state index is 12.0. The van der Waals surface area contributed by atoms with Gasteiger partial charge in [0.1, 0.15) is 5.60 Å². The molecule has 0 aromatic carbocycles. The molecule has 2 fully saturated rings. The van der Waals surface area contributed by atoms with Gasteiger partial charge in [0, 0.05) is 32.8 Å². The zero-order valence-corrected chi connectivity index (χ0v) is 14.8. The average molecular weight is 326 g/mol. The molecule has 7 nitrogen and oxygen atoms in total. The highest BCUT2D eigenvalue weighted by atomic mass is 16.6. The standard InChI is InChI=1S/C16H30N4O3/c1-15(2,3)23-14(21)20-9-7-19(8-10-20)13(17)18-12-16(4)6-5-11-22-16/h5-12H2,1-4H3,(H2,17,18). The lowest BCUT2D eigenvalue weighted by molar-refractivity contribution is 0.0185. The Morgan fingerprint density at radius 1 is 1.26 bits per heavy atom. The molecule has 2 aliphatic rings. The van der Waals surface area contributed by atoms with E-state index in [0.29, 0.717) is 38.7 Å². The molecule has 23 heavy (non-hydrogen) atoms. The summed E-state index contributed by atoms with van der Waals surface area (Å²) >= 11 is 0. The Morgan fingerprint density at radius 2 is 1.87 bits per heavy atom. The summed E-state index contributed by atoms with van der Waals surface area (Å²) in [5.41, 5.74) is 5.45. The number of nitrogens with zero attached hydrogens (tertiary/aromatic N) is 3. The van der Waals surface area contributed by atoms with E-state index in [1.165, 1.54) is 0 Å².